The average Bonchev–Trinajstić information content (AvgIpc) is 2.74. The molecular weight excluding hydrogens is 282 g/mol. The van der Waals surface area contributed by atoms with Crippen LogP contribution < -0.4 is 10.1 Å². The van der Waals surface area contributed by atoms with Crippen molar-refractivity contribution in [3.05, 3.63) is 28.8 Å². The molecule has 3 heteroatoms. The molecule has 2 nitrogen and oxygen atoms in total. The fourth-order valence-corrected chi connectivity index (χ4v) is 4.39. The van der Waals surface area contributed by atoms with Crippen LogP contribution in [0.3, 0.4) is 0 Å². The predicted octanol–water partition coefficient (Wildman–Crippen LogP) is 4.73. The third-order valence-corrected chi connectivity index (χ3v) is 5.82. The number of ether oxygens (including phenoxy) is 1. The minimum Gasteiger partial charge on any atom is -0.489 e. The molecule has 116 valence electrons. The number of benzene rings is 1. The van der Waals surface area contributed by atoms with Gasteiger partial charge in [-0.15, -0.1) is 0 Å². The van der Waals surface area contributed by atoms with E-state index in [1.165, 1.54) is 44.1 Å². The van der Waals surface area contributed by atoms with Gasteiger partial charge in [0.25, 0.3) is 0 Å². The molecule has 21 heavy (non-hydrogen) atoms. The third kappa shape index (κ3) is 2.80. The van der Waals surface area contributed by atoms with Crippen LogP contribution in [-0.2, 0) is 0 Å². The van der Waals surface area contributed by atoms with Crippen molar-refractivity contribution < 1.29 is 4.74 Å². The van der Waals surface area contributed by atoms with E-state index in [0.717, 1.165) is 17.2 Å². The highest BCUT2D eigenvalue weighted by molar-refractivity contribution is 6.30. The molecule has 2 fully saturated rings. The van der Waals surface area contributed by atoms with Crippen molar-refractivity contribution in [3.8, 4) is 5.75 Å². The van der Waals surface area contributed by atoms with Crippen molar-refractivity contribution >= 4 is 11.6 Å². The highest BCUT2D eigenvalue weighted by Crippen LogP contribution is 2.52. The minimum atomic E-state index is 0.333. The number of halogens is 1. The summed E-state index contributed by atoms with van der Waals surface area (Å²) in [5, 5.41) is 4.28. The lowest BCUT2D eigenvalue weighted by molar-refractivity contribution is -0.0884. The molecular formula is C18H26ClNO. The van der Waals surface area contributed by atoms with Gasteiger partial charge in [-0.1, -0.05) is 43.4 Å². The summed E-state index contributed by atoms with van der Waals surface area (Å²) in [6.07, 6.45) is 9.47. The summed E-state index contributed by atoms with van der Waals surface area (Å²) < 4.78 is 6.42. The first-order chi connectivity index (χ1) is 10.2. The zero-order valence-corrected chi connectivity index (χ0v) is 13.9. The number of nitrogens with one attached hydrogen (secondary N) is 1. The topological polar surface area (TPSA) is 21.3 Å². The smallest absolute Gasteiger partial charge is 0.124 e. The second kappa shape index (κ2) is 6.18. The number of hydrogen-bond acceptors (Lipinski definition) is 2. The third-order valence-electron chi connectivity index (χ3n) is 5.59. The molecule has 1 aromatic carbocycles. The van der Waals surface area contributed by atoms with E-state index < -0.39 is 0 Å². The fourth-order valence-electron chi connectivity index (χ4n) is 4.23. The number of rotatable bonds is 3. The molecule has 0 bridgehead atoms. The van der Waals surface area contributed by atoms with Crippen molar-refractivity contribution in [2.45, 2.75) is 64.0 Å². The maximum Gasteiger partial charge on any atom is 0.124 e. The van der Waals surface area contributed by atoms with Crippen LogP contribution in [0.25, 0.3) is 0 Å². The van der Waals surface area contributed by atoms with E-state index in [9.17, 15) is 0 Å². The molecule has 0 radical (unpaired) electrons. The molecule has 0 aromatic heterocycles. The lowest BCUT2D eigenvalue weighted by Gasteiger charge is -2.55. The van der Waals surface area contributed by atoms with Gasteiger partial charge in [0.15, 0.2) is 0 Å². The van der Waals surface area contributed by atoms with E-state index in [1.807, 2.05) is 18.2 Å². The Balaban J connectivity index is 1.79. The van der Waals surface area contributed by atoms with Gasteiger partial charge in [-0.25, -0.2) is 0 Å². The van der Waals surface area contributed by atoms with Gasteiger partial charge in [0, 0.05) is 22.9 Å². The molecule has 1 spiro atoms. The van der Waals surface area contributed by atoms with Crippen LogP contribution in [0, 0.1) is 12.3 Å². The van der Waals surface area contributed by atoms with E-state index >= 15 is 0 Å². The summed E-state index contributed by atoms with van der Waals surface area (Å²) in [5.41, 5.74) is 1.51. The Morgan fingerprint density at radius 2 is 1.90 bits per heavy atom. The Labute approximate surface area is 133 Å². The highest BCUT2D eigenvalue weighted by Gasteiger charge is 2.55. The molecule has 1 aromatic rings. The summed E-state index contributed by atoms with van der Waals surface area (Å²) in [6, 6.07) is 6.56. The van der Waals surface area contributed by atoms with Crippen molar-refractivity contribution in [1.82, 2.24) is 5.32 Å². The van der Waals surface area contributed by atoms with E-state index in [0.29, 0.717) is 17.6 Å². The van der Waals surface area contributed by atoms with E-state index in [-0.39, 0.29) is 0 Å². The van der Waals surface area contributed by atoms with Crippen LogP contribution >= 0.6 is 11.6 Å². The van der Waals surface area contributed by atoms with Crippen molar-refractivity contribution in [2.75, 3.05) is 7.05 Å². The molecule has 1 N–H and O–H groups in total. The molecule has 2 unspecified atom stereocenters. The zero-order valence-electron chi connectivity index (χ0n) is 13.1. The van der Waals surface area contributed by atoms with Gasteiger partial charge in [-0.05, 0) is 44.5 Å². The largest absolute Gasteiger partial charge is 0.489 e. The monoisotopic (exact) mass is 307 g/mol. The van der Waals surface area contributed by atoms with Crippen LogP contribution in [0.4, 0.5) is 0 Å². The van der Waals surface area contributed by atoms with E-state index in [1.54, 1.807) is 0 Å². The van der Waals surface area contributed by atoms with Crippen molar-refractivity contribution in [1.29, 1.82) is 0 Å². The molecule has 2 aliphatic carbocycles. The van der Waals surface area contributed by atoms with Gasteiger partial charge in [0.05, 0.1) is 0 Å². The molecule has 0 aliphatic heterocycles. The van der Waals surface area contributed by atoms with Crippen LogP contribution in [-0.4, -0.2) is 19.2 Å². The first-order valence-corrected chi connectivity index (χ1v) is 8.63. The standard InChI is InChI=1S/C18H26ClNO/c1-13-7-8-14(19)11-15(13)21-17-12-16(20-2)18(17)9-5-3-4-6-10-18/h7-8,11,16-17,20H,3-6,9-10,12H2,1-2H3. The Morgan fingerprint density at radius 3 is 2.57 bits per heavy atom. The molecule has 0 heterocycles. The van der Waals surface area contributed by atoms with Crippen molar-refractivity contribution in [3.63, 3.8) is 0 Å². The summed E-state index contributed by atoms with van der Waals surface area (Å²) in [5.74, 6) is 0.964. The molecule has 2 aliphatic rings. The van der Waals surface area contributed by atoms with Gasteiger partial charge in [0.2, 0.25) is 0 Å². The van der Waals surface area contributed by atoms with Gasteiger partial charge >= 0.3 is 0 Å². The SMILES string of the molecule is CNC1CC(Oc2cc(Cl)ccc2C)C12CCCCCC2. The number of hydrogen-bond donors (Lipinski definition) is 1. The second-order valence-electron chi connectivity index (χ2n) is 6.74. The summed E-state index contributed by atoms with van der Waals surface area (Å²) >= 11 is 6.13. The van der Waals surface area contributed by atoms with Crippen LogP contribution in [0.2, 0.25) is 5.02 Å². The number of aryl methyl sites for hydroxylation is 1. The Morgan fingerprint density at radius 1 is 1.19 bits per heavy atom. The quantitative estimate of drug-likeness (QED) is 0.872. The Bertz CT molecular complexity index is 494. The Kier molecular flexibility index (Phi) is 4.46. The molecule has 3 rings (SSSR count). The lowest BCUT2D eigenvalue weighted by Crippen LogP contribution is -2.64. The summed E-state index contributed by atoms with van der Waals surface area (Å²) in [4.78, 5) is 0. The lowest BCUT2D eigenvalue weighted by atomic mass is 9.58. The first kappa shape index (κ1) is 15.2. The van der Waals surface area contributed by atoms with E-state index in [2.05, 4.69) is 19.3 Å². The highest BCUT2D eigenvalue weighted by atomic mass is 35.5. The average molecular weight is 308 g/mol. The maximum absolute atomic E-state index is 6.42. The second-order valence-corrected chi connectivity index (χ2v) is 7.18. The van der Waals surface area contributed by atoms with Crippen LogP contribution in [0.15, 0.2) is 18.2 Å². The molecule has 2 saturated carbocycles. The predicted molar refractivity (Wildman–Crippen MR) is 88.2 cm³/mol. The fraction of sp³-hybridized carbons (Fsp3) is 0.667. The van der Waals surface area contributed by atoms with Gasteiger partial charge in [-0.3, -0.25) is 0 Å². The molecule has 0 saturated heterocycles. The van der Waals surface area contributed by atoms with Gasteiger partial charge in [0.1, 0.15) is 11.9 Å². The normalized spacial score (nSPS) is 28.0. The molecule has 0 amide bonds. The van der Waals surface area contributed by atoms with Gasteiger partial charge < -0.3 is 10.1 Å². The Hall–Kier alpha value is -0.730. The van der Waals surface area contributed by atoms with Crippen molar-refractivity contribution in [2.24, 2.45) is 5.41 Å². The summed E-state index contributed by atoms with van der Waals surface area (Å²) in [7, 11) is 2.10. The summed E-state index contributed by atoms with van der Waals surface area (Å²) in [6.45, 7) is 2.10. The van der Waals surface area contributed by atoms with Crippen LogP contribution in [0.5, 0.6) is 5.75 Å². The maximum atomic E-state index is 6.42. The zero-order chi connectivity index (χ0) is 14.9. The van der Waals surface area contributed by atoms with E-state index in [4.69, 9.17) is 16.3 Å². The molecule has 2 atom stereocenters. The van der Waals surface area contributed by atoms with Crippen LogP contribution in [0.1, 0.15) is 50.5 Å². The first-order valence-electron chi connectivity index (χ1n) is 8.26. The minimum absolute atomic E-state index is 0.333. The van der Waals surface area contributed by atoms with Gasteiger partial charge in [-0.2, -0.15) is 0 Å².